The Hall–Kier alpha value is -0.840. The second kappa shape index (κ2) is 5.30. The van der Waals surface area contributed by atoms with Gasteiger partial charge in [0.15, 0.2) is 0 Å². The summed E-state index contributed by atoms with van der Waals surface area (Å²) in [7, 11) is 1.28. The van der Waals surface area contributed by atoms with E-state index in [0.29, 0.717) is 10.7 Å². The predicted octanol–water partition coefficient (Wildman–Crippen LogP) is 3.15. The lowest BCUT2D eigenvalue weighted by Crippen LogP contribution is -2.04. The topological polar surface area (TPSA) is 38.3 Å². The molecule has 0 unspecified atom stereocenters. The molecular formula is C9H7Cl2NO2S. The maximum Gasteiger partial charge on any atom is 0.339 e. The van der Waals surface area contributed by atoms with E-state index in [0.717, 1.165) is 0 Å². The second-order valence-electron chi connectivity index (χ2n) is 2.57. The van der Waals surface area contributed by atoms with E-state index in [1.54, 1.807) is 0 Å². The molecule has 15 heavy (non-hydrogen) atoms. The molecule has 0 bridgehead atoms. The van der Waals surface area contributed by atoms with Gasteiger partial charge in [-0.15, -0.1) is 0 Å². The number of ether oxygens (including phenoxy) is 1. The average molecular weight is 264 g/mol. The molecule has 0 aliphatic rings. The summed E-state index contributed by atoms with van der Waals surface area (Å²) in [6, 6.07) is 2.94. The molecular weight excluding hydrogens is 257 g/mol. The first-order valence-corrected chi connectivity index (χ1v) is 5.10. The van der Waals surface area contributed by atoms with Gasteiger partial charge in [0.2, 0.25) is 0 Å². The average Bonchev–Trinajstić information content (AvgIpc) is 2.21. The molecule has 0 atom stereocenters. The van der Waals surface area contributed by atoms with Crippen LogP contribution in [0.15, 0.2) is 12.1 Å². The molecule has 0 saturated carbocycles. The van der Waals surface area contributed by atoms with Crippen LogP contribution in [-0.2, 0) is 4.74 Å². The minimum absolute atomic E-state index is 0.238. The number of anilines is 1. The van der Waals surface area contributed by atoms with Crippen molar-refractivity contribution in [2.24, 2.45) is 0 Å². The lowest BCUT2D eigenvalue weighted by Gasteiger charge is -2.07. The SMILES string of the molecule is COC(=O)c1cc(NC=S)c(Cl)cc1Cl. The highest BCUT2D eigenvalue weighted by atomic mass is 35.5. The van der Waals surface area contributed by atoms with Crippen LogP contribution in [0.2, 0.25) is 10.0 Å². The molecule has 1 rings (SSSR count). The fourth-order valence-electron chi connectivity index (χ4n) is 0.989. The Morgan fingerprint density at radius 1 is 1.47 bits per heavy atom. The third-order valence-corrected chi connectivity index (χ3v) is 2.42. The summed E-state index contributed by atoms with van der Waals surface area (Å²) in [4.78, 5) is 11.3. The van der Waals surface area contributed by atoms with Gasteiger partial charge in [0.1, 0.15) is 0 Å². The highest BCUT2D eigenvalue weighted by Gasteiger charge is 2.13. The number of carbonyl (C=O) groups excluding carboxylic acids is 1. The largest absolute Gasteiger partial charge is 0.465 e. The summed E-state index contributed by atoms with van der Waals surface area (Å²) in [6.45, 7) is 0. The van der Waals surface area contributed by atoms with Gasteiger partial charge in [0.25, 0.3) is 0 Å². The number of carbonyl (C=O) groups is 1. The van der Waals surface area contributed by atoms with Gasteiger partial charge < -0.3 is 10.1 Å². The van der Waals surface area contributed by atoms with E-state index in [4.69, 9.17) is 23.2 Å². The van der Waals surface area contributed by atoms with Crippen molar-refractivity contribution < 1.29 is 9.53 Å². The Labute approximate surface area is 102 Å². The Morgan fingerprint density at radius 2 is 2.13 bits per heavy atom. The Kier molecular flexibility index (Phi) is 4.32. The van der Waals surface area contributed by atoms with E-state index in [1.807, 2.05) is 0 Å². The lowest BCUT2D eigenvalue weighted by molar-refractivity contribution is 0.0601. The normalized spacial score (nSPS) is 9.53. The van der Waals surface area contributed by atoms with Crippen LogP contribution in [0.3, 0.4) is 0 Å². The summed E-state index contributed by atoms with van der Waals surface area (Å²) in [5.74, 6) is -0.524. The van der Waals surface area contributed by atoms with Crippen LogP contribution in [0.4, 0.5) is 5.69 Å². The number of benzene rings is 1. The van der Waals surface area contributed by atoms with Crippen molar-refractivity contribution in [1.29, 1.82) is 0 Å². The van der Waals surface area contributed by atoms with E-state index in [2.05, 4.69) is 22.3 Å². The van der Waals surface area contributed by atoms with Gasteiger partial charge in [-0.05, 0) is 12.1 Å². The lowest BCUT2D eigenvalue weighted by atomic mass is 10.2. The molecule has 0 aliphatic carbocycles. The minimum Gasteiger partial charge on any atom is -0.465 e. The first-order valence-electron chi connectivity index (χ1n) is 3.87. The van der Waals surface area contributed by atoms with Crippen molar-refractivity contribution in [3.8, 4) is 0 Å². The maximum atomic E-state index is 11.3. The summed E-state index contributed by atoms with van der Waals surface area (Å²) in [6.07, 6.45) is 0. The summed E-state index contributed by atoms with van der Waals surface area (Å²) in [5.41, 5.74) is 2.04. The van der Waals surface area contributed by atoms with Crippen LogP contribution >= 0.6 is 35.4 Å². The van der Waals surface area contributed by atoms with E-state index < -0.39 is 5.97 Å². The molecule has 1 aromatic carbocycles. The van der Waals surface area contributed by atoms with Crippen LogP contribution in [-0.4, -0.2) is 18.6 Å². The fraction of sp³-hybridized carbons (Fsp3) is 0.111. The van der Waals surface area contributed by atoms with Gasteiger partial charge in [0, 0.05) is 0 Å². The molecule has 0 saturated heterocycles. The van der Waals surface area contributed by atoms with Gasteiger partial charge >= 0.3 is 5.97 Å². The van der Waals surface area contributed by atoms with E-state index in [-0.39, 0.29) is 10.6 Å². The van der Waals surface area contributed by atoms with Crippen molar-refractivity contribution in [2.75, 3.05) is 12.4 Å². The summed E-state index contributed by atoms with van der Waals surface area (Å²) in [5, 5.41) is 3.33. The summed E-state index contributed by atoms with van der Waals surface area (Å²) >= 11 is 16.3. The third kappa shape index (κ3) is 2.81. The first-order chi connectivity index (χ1) is 7.10. The molecule has 0 fully saturated rings. The number of nitrogens with one attached hydrogen (secondary N) is 1. The van der Waals surface area contributed by atoms with E-state index in [1.165, 1.54) is 24.7 Å². The van der Waals surface area contributed by atoms with Gasteiger partial charge in [-0.3, -0.25) is 0 Å². The highest BCUT2D eigenvalue weighted by molar-refractivity contribution is 7.79. The van der Waals surface area contributed by atoms with Gasteiger partial charge in [-0.2, -0.15) is 0 Å². The third-order valence-electron chi connectivity index (χ3n) is 1.68. The first kappa shape index (κ1) is 12.2. The Morgan fingerprint density at radius 3 is 2.67 bits per heavy atom. The molecule has 0 heterocycles. The molecule has 0 aromatic heterocycles. The van der Waals surface area contributed by atoms with Crippen LogP contribution in [0, 0.1) is 0 Å². The fourth-order valence-corrected chi connectivity index (χ4v) is 1.63. The molecule has 1 aromatic rings. The van der Waals surface area contributed by atoms with Crippen LogP contribution in [0.5, 0.6) is 0 Å². The molecule has 3 nitrogen and oxygen atoms in total. The number of hydrogen-bond acceptors (Lipinski definition) is 3. The van der Waals surface area contributed by atoms with E-state index in [9.17, 15) is 4.79 Å². The molecule has 6 heteroatoms. The number of rotatable bonds is 3. The Bertz CT molecular complexity index is 409. The molecule has 0 spiro atoms. The zero-order valence-corrected chi connectivity index (χ0v) is 10.0. The van der Waals surface area contributed by atoms with Gasteiger partial charge in [-0.25, -0.2) is 4.79 Å². The van der Waals surface area contributed by atoms with Crippen molar-refractivity contribution >= 4 is 52.6 Å². The second-order valence-corrected chi connectivity index (χ2v) is 3.62. The summed E-state index contributed by atoms with van der Waals surface area (Å²) < 4.78 is 4.56. The zero-order chi connectivity index (χ0) is 11.4. The molecule has 1 N–H and O–H groups in total. The highest BCUT2D eigenvalue weighted by Crippen LogP contribution is 2.29. The van der Waals surface area contributed by atoms with Crippen molar-refractivity contribution in [1.82, 2.24) is 0 Å². The number of hydrogen-bond donors (Lipinski definition) is 1. The molecule has 80 valence electrons. The van der Waals surface area contributed by atoms with Gasteiger partial charge in [0.05, 0.1) is 33.9 Å². The minimum atomic E-state index is -0.524. The number of methoxy groups -OCH3 is 1. The van der Waals surface area contributed by atoms with Crippen LogP contribution in [0.1, 0.15) is 10.4 Å². The Balaban J connectivity index is 3.22. The molecule has 0 amide bonds. The maximum absolute atomic E-state index is 11.3. The van der Waals surface area contributed by atoms with Crippen LogP contribution < -0.4 is 5.32 Å². The van der Waals surface area contributed by atoms with Crippen molar-refractivity contribution in [2.45, 2.75) is 0 Å². The zero-order valence-electron chi connectivity index (χ0n) is 7.71. The molecule has 0 aliphatic heterocycles. The van der Waals surface area contributed by atoms with E-state index >= 15 is 0 Å². The number of thiocarbonyl (C=S) groups is 1. The van der Waals surface area contributed by atoms with Crippen molar-refractivity contribution in [3.05, 3.63) is 27.7 Å². The quantitative estimate of drug-likeness (QED) is 0.672. The van der Waals surface area contributed by atoms with Crippen molar-refractivity contribution in [3.63, 3.8) is 0 Å². The molecule has 0 radical (unpaired) electrons. The number of halogens is 2. The monoisotopic (exact) mass is 263 g/mol. The van der Waals surface area contributed by atoms with Gasteiger partial charge in [-0.1, -0.05) is 35.4 Å². The smallest absolute Gasteiger partial charge is 0.339 e. The standard InChI is InChI=1S/C9H7Cl2NO2S/c1-14-9(13)5-2-8(12-4-15)7(11)3-6(5)10/h2-4H,1H3,(H,12,15). The predicted molar refractivity (Wildman–Crippen MR) is 65.1 cm³/mol. The number of esters is 1. The van der Waals surface area contributed by atoms with Crippen LogP contribution in [0.25, 0.3) is 0 Å².